The van der Waals surface area contributed by atoms with Crippen molar-refractivity contribution in [3.8, 4) is 5.40 Å². The summed E-state index contributed by atoms with van der Waals surface area (Å²) in [7, 11) is 2.02. The standard InChI is InChI=1S/C6H11N2.C5H8O4.CHNS/c1-3-8-5-4-7(2)6-8;6-4(7)2-1-3-5(8)9;2-1-3/h4-6H,3H2,1-2H3;1-3H2,(H,6,7)(H,8,9);3H/q+1;;/p-1. The van der Waals surface area contributed by atoms with Gasteiger partial charge in [0.25, 0.3) is 0 Å². The van der Waals surface area contributed by atoms with E-state index < -0.39 is 11.9 Å². The van der Waals surface area contributed by atoms with E-state index in [1.54, 1.807) is 0 Å². The van der Waals surface area contributed by atoms with E-state index >= 15 is 0 Å². The molecule has 0 bridgehead atoms. The maximum atomic E-state index is 9.79. The fraction of sp³-hybridized carbons (Fsp3) is 0.500. The lowest BCUT2D eigenvalue weighted by atomic mass is 10.2. The molecule has 0 aliphatic heterocycles. The Morgan fingerprint density at radius 1 is 1.35 bits per heavy atom. The first kappa shape index (κ1) is 20.2. The second-order valence-electron chi connectivity index (χ2n) is 3.64. The average Bonchev–Trinajstić information content (AvgIpc) is 2.76. The first-order valence-corrected chi connectivity index (χ1v) is 6.24. The van der Waals surface area contributed by atoms with Gasteiger partial charge in [0.2, 0.25) is 6.33 Å². The highest BCUT2D eigenvalue weighted by Gasteiger charge is 1.99. The summed E-state index contributed by atoms with van der Waals surface area (Å²) < 4.78 is 4.16. The number of carbonyl (C=O) groups is 2. The third-order valence-electron chi connectivity index (χ3n) is 1.97. The lowest BCUT2D eigenvalue weighted by Gasteiger charge is -1.89. The molecular formula is C12H19N3O4S. The van der Waals surface area contributed by atoms with Crippen molar-refractivity contribution in [3.05, 3.63) is 18.7 Å². The Morgan fingerprint density at radius 2 is 1.80 bits per heavy atom. The van der Waals surface area contributed by atoms with Crippen LogP contribution in [-0.2, 0) is 35.8 Å². The molecule has 7 nitrogen and oxygen atoms in total. The van der Waals surface area contributed by atoms with E-state index in [4.69, 9.17) is 15.5 Å². The van der Waals surface area contributed by atoms with Crippen molar-refractivity contribution in [1.82, 2.24) is 4.57 Å². The molecule has 0 saturated heterocycles. The molecule has 1 heterocycles. The summed E-state index contributed by atoms with van der Waals surface area (Å²) in [4.78, 5) is 19.6. The van der Waals surface area contributed by atoms with Crippen LogP contribution in [0.2, 0.25) is 0 Å². The number of aliphatic carboxylic acids is 2. The molecule has 1 rings (SSSR count). The van der Waals surface area contributed by atoms with Crippen molar-refractivity contribution in [2.45, 2.75) is 32.7 Å². The highest BCUT2D eigenvalue weighted by atomic mass is 32.1. The topological polar surface area (TPSA) is 107 Å². The van der Waals surface area contributed by atoms with Crippen molar-refractivity contribution in [1.29, 1.82) is 5.26 Å². The predicted molar refractivity (Wildman–Crippen MR) is 73.4 cm³/mol. The molecule has 1 aromatic heterocycles. The van der Waals surface area contributed by atoms with Gasteiger partial charge in [0, 0.05) is 12.8 Å². The predicted octanol–water partition coefficient (Wildman–Crippen LogP) is 0.673. The smallest absolute Gasteiger partial charge is 0.303 e. The molecule has 2 N–H and O–H groups in total. The monoisotopic (exact) mass is 301 g/mol. The van der Waals surface area contributed by atoms with Gasteiger partial charge in [-0.05, 0) is 13.3 Å². The molecule has 0 saturated carbocycles. The van der Waals surface area contributed by atoms with Gasteiger partial charge in [-0.15, -0.1) is 0 Å². The Labute approximate surface area is 123 Å². The number of imidazole rings is 1. The molecule has 0 radical (unpaired) electrons. The summed E-state index contributed by atoms with van der Waals surface area (Å²) in [5.41, 5.74) is 0. The molecule has 112 valence electrons. The van der Waals surface area contributed by atoms with Gasteiger partial charge < -0.3 is 22.8 Å². The summed E-state index contributed by atoms with van der Waals surface area (Å²) >= 11 is 3.70. The normalized spacial score (nSPS) is 8.25. The molecule has 0 fully saturated rings. The minimum atomic E-state index is -0.948. The number of aromatic nitrogens is 2. The number of nitrogens with zero attached hydrogens (tertiary/aromatic N) is 3. The number of aryl methyl sites for hydroxylation is 2. The maximum Gasteiger partial charge on any atom is 0.303 e. The third-order valence-corrected chi connectivity index (χ3v) is 1.97. The number of hydrogen-bond acceptors (Lipinski definition) is 4. The second-order valence-corrected chi connectivity index (χ2v) is 3.82. The van der Waals surface area contributed by atoms with Crippen LogP contribution >= 0.6 is 0 Å². The number of hydrogen-bond donors (Lipinski definition) is 2. The van der Waals surface area contributed by atoms with Crippen molar-refractivity contribution in [3.63, 3.8) is 0 Å². The van der Waals surface area contributed by atoms with Crippen LogP contribution in [-0.4, -0.2) is 26.7 Å². The molecule has 0 unspecified atom stereocenters. The maximum absolute atomic E-state index is 9.79. The molecule has 0 atom stereocenters. The van der Waals surface area contributed by atoms with Gasteiger partial charge in [-0.25, -0.2) is 14.4 Å². The molecule has 1 aromatic rings. The number of thiocyanates is 1. The largest absolute Gasteiger partial charge is 0.696 e. The lowest BCUT2D eigenvalue weighted by molar-refractivity contribution is -0.671. The van der Waals surface area contributed by atoms with E-state index in [1.807, 2.05) is 17.8 Å². The summed E-state index contributed by atoms with van der Waals surface area (Å²) in [6, 6.07) is 0. The van der Waals surface area contributed by atoms with E-state index in [0.717, 1.165) is 6.54 Å². The van der Waals surface area contributed by atoms with Gasteiger partial charge in [0.05, 0.1) is 13.6 Å². The minimum absolute atomic E-state index is 0.0632. The van der Waals surface area contributed by atoms with E-state index in [1.165, 1.54) is 5.40 Å². The average molecular weight is 301 g/mol. The van der Waals surface area contributed by atoms with Crippen LogP contribution in [0.15, 0.2) is 18.7 Å². The van der Waals surface area contributed by atoms with Crippen molar-refractivity contribution in [2.24, 2.45) is 7.05 Å². The van der Waals surface area contributed by atoms with Gasteiger partial charge in [-0.2, -0.15) is 0 Å². The first-order valence-electron chi connectivity index (χ1n) is 5.83. The molecule has 0 aliphatic rings. The summed E-state index contributed by atoms with van der Waals surface area (Å²) in [5.74, 6) is -1.90. The Kier molecular flexibility index (Phi) is 13.4. The fourth-order valence-electron chi connectivity index (χ4n) is 1.08. The Hall–Kier alpha value is -2.14. The number of rotatable bonds is 5. The molecular weight excluding hydrogens is 282 g/mol. The van der Waals surface area contributed by atoms with Crippen molar-refractivity contribution < 1.29 is 24.4 Å². The fourth-order valence-corrected chi connectivity index (χ4v) is 1.08. The van der Waals surface area contributed by atoms with Gasteiger partial charge in [-0.1, -0.05) is 5.40 Å². The zero-order chi connectivity index (χ0) is 16.0. The molecule has 0 aliphatic carbocycles. The number of carboxylic acid groups (broad SMARTS) is 2. The van der Waals surface area contributed by atoms with Crippen molar-refractivity contribution >= 4 is 24.6 Å². The lowest BCUT2D eigenvalue weighted by Crippen LogP contribution is -2.23. The Balaban J connectivity index is 0. The number of carboxylic acids is 2. The summed E-state index contributed by atoms with van der Waals surface area (Å²) in [6.45, 7) is 3.18. The third kappa shape index (κ3) is 15.9. The zero-order valence-corrected chi connectivity index (χ0v) is 12.3. The molecule has 20 heavy (non-hydrogen) atoms. The highest BCUT2D eigenvalue weighted by molar-refractivity contribution is 7.64. The summed E-state index contributed by atoms with van der Waals surface area (Å²) in [5, 5.41) is 24.5. The van der Waals surface area contributed by atoms with Gasteiger partial charge in [-0.3, -0.25) is 9.59 Å². The van der Waals surface area contributed by atoms with E-state index in [2.05, 4.69) is 36.6 Å². The van der Waals surface area contributed by atoms with Gasteiger partial charge in [0.1, 0.15) is 12.4 Å². The SMILES string of the molecule is CCn1cc[n+](C)c1.N#C[S-].O=C(O)CCCC(=O)O. The number of nitriles is 1. The van der Waals surface area contributed by atoms with Gasteiger partial charge >= 0.3 is 11.9 Å². The quantitative estimate of drug-likeness (QED) is 0.470. The Morgan fingerprint density at radius 3 is 2.00 bits per heavy atom. The molecule has 8 heteroatoms. The van der Waals surface area contributed by atoms with Crippen LogP contribution in [0.25, 0.3) is 0 Å². The molecule has 0 amide bonds. The van der Waals surface area contributed by atoms with Gasteiger partial charge in [0.15, 0.2) is 0 Å². The summed E-state index contributed by atoms with van der Waals surface area (Å²) in [6.07, 6.45) is 6.23. The molecule has 0 aromatic carbocycles. The van der Waals surface area contributed by atoms with E-state index in [-0.39, 0.29) is 19.3 Å². The molecule has 0 spiro atoms. The van der Waals surface area contributed by atoms with Crippen LogP contribution in [0.1, 0.15) is 26.2 Å². The Bertz CT molecular complexity index is 426. The van der Waals surface area contributed by atoms with E-state index in [0.29, 0.717) is 0 Å². The van der Waals surface area contributed by atoms with Crippen LogP contribution in [0.3, 0.4) is 0 Å². The van der Waals surface area contributed by atoms with Crippen LogP contribution in [0.4, 0.5) is 0 Å². The van der Waals surface area contributed by atoms with E-state index in [9.17, 15) is 9.59 Å². The highest BCUT2D eigenvalue weighted by Crippen LogP contribution is 1.93. The van der Waals surface area contributed by atoms with Crippen molar-refractivity contribution in [2.75, 3.05) is 0 Å². The zero-order valence-electron chi connectivity index (χ0n) is 11.5. The van der Waals surface area contributed by atoms with Crippen LogP contribution < -0.4 is 4.57 Å². The van der Waals surface area contributed by atoms with Crippen LogP contribution in [0.5, 0.6) is 0 Å². The first-order chi connectivity index (χ1) is 9.37. The minimum Gasteiger partial charge on any atom is -0.696 e. The second kappa shape index (κ2) is 13.3. The van der Waals surface area contributed by atoms with Crippen LogP contribution in [0, 0.1) is 10.7 Å².